The fourth-order valence-electron chi connectivity index (χ4n) is 4.13. The molecule has 0 amide bonds. The number of benzene rings is 2. The van der Waals surface area contributed by atoms with Crippen molar-refractivity contribution in [2.75, 3.05) is 11.9 Å². The molecule has 0 radical (unpaired) electrons. The predicted molar refractivity (Wildman–Crippen MR) is 139 cm³/mol. The number of fused-ring (bicyclic) bond motifs is 1. The highest BCUT2D eigenvalue weighted by Crippen LogP contribution is 2.38. The van der Waals surface area contributed by atoms with Crippen LogP contribution in [0, 0.1) is 6.92 Å². The number of aromatic nitrogens is 3. The van der Waals surface area contributed by atoms with Gasteiger partial charge in [0, 0.05) is 22.6 Å². The van der Waals surface area contributed by atoms with Gasteiger partial charge >= 0.3 is 19.3 Å². The van der Waals surface area contributed by atoms with Crippen LogP contribution in [0.3, 0.4) is 0 Å². The molecule has 2 aromatic heterocycles. The highest BCUT2D eigenvalue weighted by atomic mass is 32.2. The quantitative estimate of drug-likeness (QED) is 0.342. The lowest BCUT2D eigenvalue weighted by molar-refractivity contribution is -0.115. The van der Waals surface area contributed by atoms with Crippen LogP contribution in [-0.4, -0.2) is 53.6 Å². The number of nitrogens with one attached hydrogen (secondary N) is 1. The molecule has 1 N–H and O–H groups in total. The van der Waals surface area contributed by atoms with E-state index in [1.54, 1.807) is 30.3 Å². The third-order valence-electron chi connectivity index (χ3n) is 7.00. The van der Waals surface area contributed by atoms with Gasteiger partial charge in [0.2, 0.25) is 5.89 Å². The Labute approximate surface area is 223 Å². The van der Waals surface area contributed by atoms with Gasteiger partial charge in [0.05, 0.1) is 21.6 Å². The van der Waals surface area contributed by atoms with Gasteiger partial charge in [0.15, 0.2) is 0 Å². The van der Waals surface area contributed by atoms with Crippen molar-refractivity contribution in [3.8, 4) is 11.5 Å². The fourth-order valence-corrected chi connectivity index (χ4v) is 5.50. The average Bonchev–Trinajstić information content (AvgIpc) is 3.51. The molecule has 2 aromatic carbocycles. The summed E-state index contributed by atoms with van der Waals surface area (Å²) in [6, 6.07) is 10.8. The lowest BCUT2D eigenvalue weighted by atomic mass is 9.79. The normalized spacial score (nSPS) is 17.2. The molecule has 14 heteroatoms. The van der Waals surface area contributed by atoms with Crippen molar-refractivity contribution in [1.29, 1.82) is 0 Å². The minimum Gasteiger partial charge on any atom is -0.403 e. The van der Waals surface area contributed by atoms with Crippen LogP contribution in [0.4, 0.5) is 19.2 Å². The Bertz CT molecular complexity index is 1630. The van der Waals surface area contributed by atoms with Gasteiger partial charge in [-0.1, -0.05) is 22.8 Å². The molecule has 9 nitrogen and oxygen atoms in total. The Balaban J connectivity index is 1.62. The molecule has 5 rings (SSSR count). The fraction of sp³-hybridized carbons (Fsp3) is 0.360. The first kappa shape index (κ1) is 27.2. The van der Waals surface area contributed by atoms with E-state index in [1.165, 1.54) is 22.3 Å². The standard InChI is InChI=1S/C25H26BF3N4O5S/c1-15-6-9-17(10-7-15)39(34,35)33-13-19(26-37-23(2,3)24(4,5)38-26)18-12-16(8-11-20(18)33)21-31-32-22(36-21)30-14-25(27,28)29/h6-13H,14H2,1-5H3,(H,30,32). The summed E-state index contributed by atoms with van der Waals surface area (Å²) in [5.41, 5.74) is 0.710. The molecule has 206 valence electrons. The average molecular weight is 562 g/mol. The van der Waals surface area contributed by atoms with E-state index >= 15 is 0 Å². The van der Waals surface area contributed by atoms with Crippen LogP contribution < -0.4 is 10.8 Å². The zero-order valence-electron chi connectivity index (χ0n) is 21.8. The second-order valence-electron chi connectivity index (χ2n) is 10.4. The number of hydrogen-bond acceptors (Lipinski definition) is 8. The summed E-state index contributed by atoms with van der Waals surface area (Å²) >= 11 is 0. The smallest absolute Gasteiger partial charge is 0.403 e. The molecule has 1 aliphatic rings. The monoisotopic (exact) mass is 562 g/mol. The summed E-state index contributed by atoms with van der Waals surface area (Å²) in [7, 11) is -4.90. The molecule has 0 aliphatic carbocycles. The Hall–Kier alpha value is -3.36. The first-order chi connectivity index (χ1) is 18.1. The molecule has 0 saturated carbocycles. The highest BCUT2D eigenvalue weighted by molar-refractivity contribution is 7.90. The van der Waals surface area contributed by atoms with E-state index in [9.17, 15) is 21.6 Å². The van der Waals surface area contributed by atoms with E-state index in [2.05, 4.69) is 10.2 Å². The first-order valence-corrected chi connectivity index (χ1v) is 13.5. The maximum atomic E-state index is 13.7. The van der Waals surface area contributed by atoms with E-state index in [-0.39, 0.29) is 10.8 Å². The molecule has 1 aliphatic heterocycles. The summed E-state index contributed by atoms with van der Waals surface area (Å²) in [6.07, 6.45) is -2.99. The lowest BCUT2D eigenvalue weighted by Crippen LogP contribution is -2.41. The van der Waals surface area contributed by atoms with E-state index in [0.717, 1.165) is 5.56 Å². The Morgan fingerprint density at radius 1 is 1.00 bits per heavy atom. The minimum absolute atomic E-state index is 0.0458. The minimum atomic E-state index is -4.46. The molecule has 39 heavy (non-hydrogen) atoms. The van der Waals surface area contributed by atoms with Crippen molar-refractivity contribution >= 4 is 39.5 Å². The summed E-state index contributed by atoms with van der Waals surface area (Å²) < 4.78 is 84.1. The van der Waals surface area contributed by atoms with Gasteiger partial charge in [-0.25, -0.2) is 12.4 Å². The number of nitrogens with zero attached hydrogens (tertiary/aromatic N) is 3. The number of aryl methyl sites for hydroxylation is 1. The van der Waals surface area contributed by atoms with Crippen LogP contribution in [0.25, 0.3) is 22.4 Å². The Kier molecular flexibility index (Phi) is 6.35. The largest absolute Gasteiger partial charge is 0.497 e. The number of anilines is 1. The molecular weight excluding hydrogens is 536 g/mol. The predicted octanol–water partition coefficient (Wildman–Crippen LogP) is 4.51. The van der Waals surface area contributed by atoms with Crippen molar-refractivity contribution in [2.24, 2.45) is 0 Å². The maximum Gasteiger partial charge on any atom is 0.497 e. The third kappa shape index (κ3) is 5.03. The first-order valence-electron chi connectivity index (χ1n) is 12.0. The molecule has 0 spiro atoms. The van der Waals surface area contributed by atoms with Gasteiger partial charge in [0.1, 0.15) is 6.54 Å². The van der Waals surface area contributed by atoms with Crippen LogP contribution >= 0.6 is 0 Å². The van der Waals surface area contributed by atoms with E-state index in [0.29, 0.717) is 21.9 Å². The second-order valence-corrected chi connectivity index (χ2v) is 12.2. The SMILES string of the molecule is Cc1ccc(S(=O)(=O)n2cc(B3OC(C)(C)C(C)(C)O3)c3cc(-c4nnc(NCC(F)(F)F)o4)ccc32)cc1. The molecule has 1 saturated heterocycles. The van der Waals surface area contributed by atoms with Crippen LogP contribution in [0.15, 0.2) is 58.0 Å². The molecule has 0 atom stereocenters. The zero-order chi connectivity index (χ0) is 28.4. The number of rotatable bonds is 6. The van der Waals surface area contributed by atoms with Crippen molar-refractivity contribution in [1.82, 2.24) is 14.2 Å². The van der Waals surface area contributed by atoms with Gasteiger partial charge in [-0.15, -0.1) is 5.10 Å². The van der Waals surface area contributed by atoms with Gasteiger partial charge in [0.25, 0.3) is 10.0 Å². The van der Waals surface area contributed by atoms with Gasteiger partial charge in [-0.3, -0.25) is 0 Å². The molecule has 1 fully saturated rings. The maximum absolute atomic E-state index is 13.7. The summed E-state index contributed by atoms with van der Waals surface area (Å²) in [5.74, 6) is -0.0458. The highest BCUT2D eigenvalue weighted by Gasteiger charge is 2.52. The second kappa shape index (κ2) is 9.10. The van der Waals surface area contributed by atoms with Crippen LogP contribution in [-0.2, 0) is 19.3 Å². The van der Waals surface area contributed by atoms with E-state index in [4.69, 9.17) is 13.7 Å². The topological polar surface area (TPSA) is 108 Å². The number of hydrogen-bond donors (Lipinski definition) is 1. The Morgan fingerprint density at radius 2 is 1.64 bits per heavy atom. The summed E-state index contributed by atoms with van der Waals surface area (Å²) in [4.78, 5) is 0.104. The van der Waals surface area contributed by atoms with Crippen LogP contribution in [0.1, 0.15) is 33.3 Å². The summed E-state index contributed by atoms with van der Waals surface area (Å²) in [6.45, 7) is 8.06. The van der Waals surface area contributed by atoms with Gasteiger partial charge in [-0.2, -0.15) is 13.2 Å². The number of alkyl halides is 3. The molecule has 0 unspecified atom stereocenters. The Morgan fingerprint density at radius 3 is 2.26 bits per heavy atom. The molecule has 3 heterocycles. The lowest BCUT2D eigenvalue weighted by Gasteiger charge is -2.32. The van der Waals surface area contributed by atoms with Crippen LogP contribution in [0.2, 0.25) is 0 Å². The molecular formula is C25H26BF3N4O5S. The van der Waals surface area contributed by atoms with Crippen LogP contribution in [0.5, 0.6) is 0 Å². The summed E-state index contributed by atoms with van der Waals surface area (Å²) in [5, 5.41) is 9.99. The zero-order valence-corrected chi connectivity index (χ0v) is 22.6. The van der Waals surface area contributed by atoms with Crippen molar-refractivity contribution in [3.63, 3.8) is 0 Å². The molecule has 0 bridgehead atoms. The van der Waals surface area contributed by atoms with Crippen molar-refractivity contribution < 1.29 is 35.3 Å². The molecule has 4 aromatic rings. The van der Waals surface area contributed by atoms with E-state index in [1.807, 2.05) is 39.9 Å². The van der Waals surface area contributed by atoms with Gasteiger partial charge in [-0.05, 0) is 65.0 Å². The number of halogens is 3. The van der Waals surface area contributed by atoms with E-state index < -0.39 is 47.1 Å². The third-order valence-corrected chi connectivity index (χ3v) is 8.69. The van der Waals surface area contributed by atoms with Crippen molar-refractivity contribution in [2.45, 2.75) is 56.9 Å². The van der Waals surface area contributed by atoms with Gasteiger partial charge < -0.3 is 19.0 Å². The van der Waals surface area contributed by atoms with Crippen molar-refractivity contribution in [3.05, 3.63) is 54.2 Å².